The van der Waals surface area contributed by atoms with Crippen LogP contribution in [0.1, 0.15) is 18.9 Å². The smallest absolute Gasteiger partial charge is 0.0641 e. The highest BCUT2D eigenvalue weighted by Crippen LogP contribution is 2.15. The zero-order valence-corrected chi connectivity index (χ0v) is 11.0. The summed E-state index contributed by atoms with van der Waals surface area (Å²) in [6, 6.07) is 8.58. The minimum Gasteiger partial charge on any atom is -0.380 e. The molecule has 0 aromatic heterocycles. The van der Waals surface area contributed by atoms with E-state index < -0.39 is 0 Å². The van der Waals surface area contributed by atoms with E-state index in [0.29, 0.717) is 0 Å². The first kappa shape index (κ1) is 14.0. The van der Waals surface area contributed by atoms with Crippen molar-refractivity contribution in [2.75, 3.05) is 37.7 Å². The lowest BCUT2D eigenvalue weighted by molar-refractivity contribution is 0.154. The number of benzene rings is 1. The lowest BCUT2D eigenvalue weighted by Crippen LogP contribution is -2.29. The first-order valence-electron chi connectivity index (χ1n) is 6.37. The Morgan fingerprint density at radius 1 is 1.29 bits per heavy atom. The molecule has 0 atom stereocenters. The first-order valence-corrected chi connectivity index (χ1v) is 6.37. The second-order valence-electron chi connectivity index (χ2n) is 4.17. The Hall–Kier alpha value is -1.06. The van der Waals surface area contributed by atoms with Gasteiger partial charge in [0.25, 0.3) is 0 Å². The van der Waals surface area contributed by atoms with Crippen molar-refractivity contribution in [3.05, 3.63) is 29.8 Å². The molecule has 0 fully saturated rings. The molecule has 0 heterocycles. The Balaban J connectivity index is 2.60. The fourth-order valence-electron chi connectivity index (χ4n) is 1.80. The minimum absolute atomic E-state index is 0.733. The van der Waals surface area contributed by atoms with Crippen LogP contribution in [0.2, 0.25) is 0 Å². The van der Waals surface area contributed by atoms with Gasteiger partial charge in [0, 0.05) is 25.4 Å². The fourth-order valence-corrected chi connectivity index (χ4v) is 1.80. The molecule has 0 bridgehead atoms. The van der Waals surface area contributed by atoms with E-state index in [4.69, 9.17) is 10.5 Å². The van der Waals surface area contributed by atoms with E-state index >= 15 is 0 Å². The van der Waals surface area contributed by atoms with E-state index in [9.17, 15) is 0 Å². The van der Waals surface area contributed by atoms with Crippen molar-refractivity contribution in [2.45, 2.75) is 20.3 Å². The summed E-state index contributed by atoms with van der Waals surface area (Å²) in [6.07, 6.45) is 1.01. The van der Waals surface area contributed by atoms with Crippen molar-refractivity contribution >= 4 is 5.69 Å². The summed E-state index contributed by atoms with van der Waals surface area (Å²) in [5, 5.41) is 0. The van der Waals surface area contributed by atoms with Gasteiger partial charge < -0.3 is 15.4 Å². The molecule has 0 unspecified atom stereocenters. The van der Waals surface area contributed by atoms with Gasteiger partial charge in [0.15, 0.2) is 0 Å². The highest BCUT2D eigenvalue weighted by molar-refractivity contribution is 5.48. The number of hydrogen-bond acceptors (Lipinski definition) is 3. The summed E-state index contributed by atoms with van der Waals surface area (Å²) >= 11 is 0. The SMILES string of the molecule is CCOCCN(CCCN)c1cccc(C)c1. The lowest BCUT2D eigenvalue weighted by atomic mass is 10.2. The molecule has 0 radical (unpaired) electrons. The van der Waals surface area contributed by atoms with Gasteiger partial charge in [0.1, 0.15) is 0 Å². The van der Waals surface area contributed by atoms with Crippen LogP contribution in [0, 0.1) is 6.92 Å². The van der Waals surface area contributed by atoms with Crippen LogP contribution in [0.25, 0.3) is 0 Å². The molecule has 3 nitrogen and oxygen atoms in total. The third kappa shape index (κ3) is 5.20. The van der Waals surface area contributed by atoms with E-state index in [1.807, 2.05) is 6.92 Å². The molecule has 1 aromatic rings. The number of nitrogens with zero attached hydrogens (tertiary/aromatic N) is 1. The number of rotatable bonds is 8. The van der Waals surface area contributed by atoms with Crippen molar-refractivity contribution in [3.63, 3.8) is 0 Å². The molecule has 1 aromatic carbocycles. The fraction of sp³-hybridized carbons (Fsp3) is 0.571. The maximum Gasteiger partial charge on any atom is 0.0641 e. The maximum absolute atomic E-state index is 5.58. The number of anilines is 1. The van der Waals surface area contributed by atoms with Crippen LogP contribution >= 0.6 is 0 Å². The molecule has 2 N–H and O–H groups in total. The molecule has 0 aliphatic heterocycles. The van der Waals surface area contributed by atoms with Crippen molar-refractivity contribution in [1.29, 1.82) is 0 Å². The van der Waals surface area contributed by atoms with Gasteiger partial charge in [0.05, 0.1) is 6.61 Å². The summed E-state index contributed by atoms with van der Waals surface area (Å²) in [7, 11) is 0. The van der Waals surface area contributed by atoms with Crippen LogP contribution in [0.15, 0.2) is 24.3 Å². The molecule has 0 amide bonds. The first-order chi connectivity index (χ1) is 8.27. The normalized spacial score (nSPS) is 10.5. The van der Waals surface area contributed by atoms with Gasteiger partial charge in [-0.25, -0.2) is 0 Å². The molecular formula is C14H24N2O. The molecule has 96 valence electrons. The zero-order valence-electron chi connectivity index (χ0n) is 11.0. The predicted molar refractivity (Wildman–Crippen MR) is 73.6 cm³/mol. The quantitative estimate of drug-likeness (QED) is 0.703. The van der Waals surface area contributed by atoms with Gasteiger partial charge in [-0.05, 0) is 44.5 Å². The molecule has 0 saturated carbocycles. The van der Waals surface area contributed by atoms with Gasteiger partial charge in [-0.15, -0.1) is 0 Å². The number of aryl methyl sites for hydroxylation is 1. The van der Waals surface area contributed by atoms with E-state index in [2.05, 4.69) is 36.1 Å². The molecule has 0 saturated heterocycles. The van der Waals surface area contributed by atoms with Crippen LogP contribution in [0.5, 0.6) is 0 Å². The summed E-state index contributed by atoms with van der Waals surface area (Å²) in [4.78, 5) is 2.34. The minimum atomic E-state index is 0.733. The highest BCUT2D eigenvalue weighted by atomic mass is 16.5. The Morgan fingerprint density at radius 2 is 2.12 bits per heavy atom. The molecule has 0 aliphatic rings. The van der Waals surface area contributed by atoms with E-state index in [1.165, 1.54) is 11.3 Å². The standard InChI is InChI=1S/C14H24N2O/c1-3-17-11-10-16(9-5-8-15)14-7-4-6-13(2)12-14/h4,6-7,12H,3,5,8-11,15H2,1-2H3. The summed E-state index contributed by atoms with van der Waals surface area (Å²) in [5.74, 6) is 0. The average molecular weight is 236 g/mol. The van der Waals surface area contributed by atoms with Crippen LogP contribution in [-0.4, -0.2) is 32.8 Å². The van der Waals surface area contributed by atoms with Gasteiger partial charge >= 0.3 is 0 Å². The Labute approximate surface area is 105 Å². The van der Waals surface area contributed by atoms with Gasteiger partial charge in [-0.2, -0.15) is 0 Å². The molecule has 3 heteroatoms. The van der Waals surface area contributed by atoms with Crippen LogP contribution in [0.4, 0.5) is 5.69 Å². The van der Waals surface area contributed by atoms with Gasteiger partial charge in [-0.3, -0.25) is 0 Å². The Morgan fingerprint density at radius 3 is 2.76 bits per heavy atom. The molecule has 0 aliphatic carbocycles. The maximum atomic E-state index is 5.58. The zero-order chi connectivity index (χ0) is 12.5. The summed E-state index contributed by atoms with van der Waals surface area (Å²) in [5.41, 5.74) is 8.13. The van der Waals surface area contributed by atoms with Crippen molar-refractivity contribution in [2.24, 2.45) is 5.73 Å². The Bertz CT molecular complexity index is 315. The van der Waals surface area contributed by atoms with Gasteiger partial charge in [-0.1, -0.05) is 12.1 Å². The van der Waals surface area contributed by atoms with Gasteiger partial charge in [0.2, 0.25) is 0 Å². The van der Waals surface area contributed by atoms with E-state index in [0.717, 1.165) is 39.3 Å². The molecule has 17 heavy (non-hydrogen) atoms. The largest absolute Gasteiger partial charge is 0.380 e. The average Bonchev–Trinajstić information content (AvgIpc) is 2.33. The molecular weight excluding hydrogens is 212 g/mol. The summed E-state index contributed by atoms with van der Waals surface area (Å²) in [6.45, 7) is 8.35. The van der Waals surface area contributed by atoms with Crippen molar-refractivity contribution in [3.8, 4) is 0 Å². The van der Waals surface area contributed by atoms with E-state index in [1.54, 1.807) is 0 Å². The third-order valence-corrected chi connectivity index (χ3v) is 2.71. The van der Waals surface area contributed by atoms with Crippen LogP contribution < -0.4 is 10.6 Å². The van der Waals surface area contributed by atoms with Crippen molar-refractivity contribution in [1.82, 2.24) is 0 Å². The second-order valence-corrected chi connectivity index (χ2v) is 4.17. The second kappa shape index (κ2) is 8.09. The third-order valence-electron chi connectivity index (χ3n) is 2.71. The van der Waals surface area contributed by atoms with Crippen LogP contribution in [0.3, 0.4) is 0 Å². The predicted octanol–water partition coefficient (Wildman–Crippen LogP) is 2.19. The van der Waals surface area contributed by atoms with Crippen molar-refractivity contribution < 1.29 is 4.74 Å². The highest BCUT2D eigenvalue weighted by Gasteiger charge is 2.05. The number of nitrogens with two attached hydrogens (primary N) is 1. The lowest BCUT2D eigenvalue weighted by Gasteiger charge is -2.25. The topological polar surface area (TPSA) is 38.5 Å². The number of hydrogen-bond donors (Lipinski definition) is 1. The summed E-state index contributed by atoms with van der Waals surface area (Å²) < 4.78 is 5.42. The molecule has 0 spiro atoms. The number of ether oxygens (including phenoxy) is 1. The monoisotopic (exact) mass is 236 g/mol. The Kier molecular flexibility index (Phi) is 6.67. The van der Waals surface area contributed by atoms with Crippen LogP contribution in [-0.2, 0) is 4.74 Å². The molecule has 1 rings (SSSR count). The van der Waals surface area contributed by atoms with E-state index in [-0.39, 0.29) is 0 Å².